The van der Waals surface area contributed by atoms with Crippen LogP contribution in [0.15, 0.2) is 97.2 Å². The molecule has 4 aromatic rings. The van der Waals surface area contributed by atoms with E-state index in [9.17, 15) is 19.5 Å². The zero-order valence-corrected chi connectivity index (χ0v) is 21.1. The number of pyridine rings is 1. The van der Waals surface area contributed by atoms with Crippen LogP contribution >= 0.6 is 0 Å². The maximum Gasteiger partial charge on any atom is 0.411 e. The Morgan fingerprint density at radius 1 is 0.846 bits per heavy atom. The summed E-state index contributed by atoms with van der Waals surface area (Å²) >= 11 is 0. The van der Waals surface area contributed by atoms with Crippen molar-refractivity contribution < 1.29 is 24.2 Å². The molecule has 0 aliphatic heterocycles. The van der Waals surface area contributed by atoms with Crippen LogP contribution in [0.3, 0.4) is 0 Å². The minimum absolute atomic E-state index is 0.00678. The van der Waals surface area contributed by atoms with Crippen molar-refractivity contribution in [2.75, 3.05) is 18.5 Å². The van der Waals surface area contributed by atoms with Crippen LogP contribution in [0.4, 0.5) is 10.5 Å². The molecule has 2 amide bonds. The molecule has 196 valence electrons. The Hall–Kier alpha value is -4.98. The number of nitrogens with one attached hydrogen (secondary N) is 1. The Kier molecular flexibility index (Phi) is 7.63. The Bertz CT molecular complexity index is 1460. The summed E-state index contributed by atoms with van der Waals surface area (Å²) in [5.41, 5.74) is 5.49. The number of fused-ring (bicyclic) bond motifs is 3. The molecule has 0 fully saturated rings. The second kappa shape index (κ2) is 11.6. The van der Waals surface area contributed by atoms with Crippen LogP contribution in [0.5, 0.6) is 0 Å². The third-order valence-corrected chi connectivity index (χ3v) is 6.69. The van der Waals surface area contributed by atoms with E-state index < -0.39 is 18.0 Å². The molecule has 0 bridgehead atoms. The lowest BCUT2D eigenvalue weighted by atomic mass is 9.98. The number of anilines is 1. The van der Waals surface area contributed by atoms with Gasteiger partial charge in [0, 0.05) is 25.2 Å². The van der Waals surface area contributed by atoms with Crippen LogP contribution in [0.25, 0.3) is 11.1 Å². The number of hydrogen-bond donors (Lipinski definition) is 2. The predicted molar refractivity (Wildman–Crippen MR) is 146 cm³/mol. The van der Waals surface area contributed by atoms with E-state index in [1.165, 1.54) is 11.1 Å². The van der Waals surface area contributed by atoms with Crippen LogP contribution in [0, 0.1) is 0 Å². The molecule has 1 aliphatic carbocycles. The minimum Gasteiger partial charge on any atom is -0.481 e. The number of carbonyl (C=O) groups excluding carboxylic acids is 2. The van der Waals surface area contributed by atoms with Gasteiger partial charge in [0.2, 0.25) is 0 Å². The topological polar surface area (TPSA) is 109 Å². The fourth-order valence-corrected chi connectivity index (χ4v) is 4.86. The highest BCUT2D eigenvalue weighted by molar-refractivity contribution is 6.01. The molecule has 8 nitrogen and oxygen atoms in total. The van der Waals surface area contributed by atoms with Gasteiger partial charge in [-0.25, -0.2) is 9.78 Å². The number of carboxylic acid groups (broad SMARTS) is 1. The quantitative estimate of drug-likeness (QED) is 0.299. The number of hydrogen-bond acceptors (Lipinski definition) is 5. The number of aromatic nitrogens is 1. The van der Waals surface area contributed by atoms with Crippen molar-refractivity contribution in [3.8, 4) is 11.1 Å². The molecule has 1 heterocycles. The van der Waals surface area contributed by atoms with Gasteiger partial charge in [0.25, 0.3) is 5.91 Å². The highest BCUT2D eigenvalue weighted by atomic mass is 16.5. The molecule has 0 spiro atoms. The van der Waals surface area contributed by atoms with Gasteiger partial charge in [-0.2, -0.15) is 0 Å². The van der Waals surface area contributed by atoms with E-state index in [0.29, 0.717) is 0 Å². The molecule has 0 saturated heterocycles. The monoisotopic (exact) mass is 521 g/mol. The van der Waals surface area contributed by atoms with Crippen LogP contribution in [0.1, 0.15) is 39.5 Å². The van der Waals surface area contributed by atoms with Gasteiger partial charge in [-0.1, -0.05) is 78.9 Å². The molecular weight excluding hydrogens is 494 g/mol. The maximum atomic E-state index is 13.5. The zero-order valence-electron chi connectivity index (χ0n) is 21.1. The summed E-state index contributed by atoms with van der Waals surface area (Å²) < 4.78 is 5.63. The average Bonchev–Trinajstić information content (AvgIpc) is 3.28. The van der Waals surface area contributed by atoms with Crippen molar-refractivity contribution in [2.24, 2.45) is 0 Å². The predicted octanol–water partition coefficient (Wildman–Crippen LogP) is 5.56. The summed E-state index contributed by atoms with van der Waals surface area (Å²) in [6, 6.07) is 28.6. The summed E-state index contributed by atoms with van der Waals surface area (Å²) in [6.07, 6.45) is 0.522. The van der Waals surface area contributed by atoms with Crippen molar-refractivity contribution in [3.63, 3.8) is 0 Å². The Labute approximate surface area is 225 Å². The van der Waals surface area contributed by atoms with E-state index in [2.05, 4.69) is 22.4 Å². The van der Waals surface area contributed by atoms with E-state index in [0.717, 1.165) is 27.8 Å². The second-order valence-electron chi connectivity index (χ2n) is 9.21. The van der Waals surface area contributed by atoms with Crippen LogP contribution < -0.4 is 5.32 Å². The maximum absolute atomic E-state index is 13.5. The fraction of sp³-hybridized carbons (Fsp3) is 0.161. The molecule has 0 unspecified atom stereocenters. The Morgan fingerprint density at radius 2 is 1.49 bits per heavy atom. The van der Waals surface area contributed by atoms with Crippen molar-refractivity contribution in [3.05, 3.63) is 120 Å². The molecule has 0 radical (unpaired) electrons. The number of benzene rings is 3. The molecule has 1 aromatic heterocycles. The molecule has 39 heavy (non-hydrogen) atoms. The zero-order chi connectivity index (χ0) is 27.2. The Morgan fingerprint density at radius 3 is 2.15 bits per heavy atom. The highest BCUT2D eigenvalue weighted by Crippen LogP contribution is 2.44. The molecule has 5 rings (SSSR count). The van der Waals surface area contributed by atoms with Gasteiger partial charge >= 0.3 is 12.1 Å². The molecule has 8 heteroatoms. The number of nitrogens with zero attached hydrogens (tertiary/aromatic N) is 2. The first-order valence-electron chi connectivity index (χ1n) is 12.6. The van der Waals surface area contributed by atoms with E-state index in [-0.39, 0.29) is 43.4 Å². The molecular formula is C31H27N3O5. The summed E-state index contributed by atoms with van der Waals surface area (Å²) in [6.45, 7) is 0.320. The van der Waals surface area contributed by atoms with Gasteiger partial charge in [-0.05, 0) is 39.9 Å². The van der Waals surface area contributed by atoms with Crippen LogP contribution in [-0.2, 0) is 16.1 Å². The first-order chi connectivity index (χ1) is 19.0. The smallest absolute Gasteiger partial charge is 0.411 e. The third-order valence-electron chi connectivity index (χ3n) is 6.69. The summed E-state index contributed by atoms with van der Waals surface area (Å²) in [5, 5.41) is 11.9. The van der Waals surface area contributed by atoms with E-state index in [1.54, 1.807) is 12.1 Å². The number of amides is 2. The lowest BCUT2D eigenvalue weighted by Crippen LogP contribution is -2.34. The number of rotatable bonds is 9. The largest absolute Gasteiger partial charge is 0.481 e. The summed E-state index contributed by atoms with van der Waals surface area (Å²) in [4.78, 5) is 43.2. The van der Waals surface area contributed by atoms with Gasteiger partial charge < -0.3 is 14.7 Å². The Balaban J connectivity index is 1.30. The van der Waals surface area contributed by atoms with Gasteiger partial charge in [0.15, 0.2) is 5.69 Å². The van der Waals surface area contributed by atoms with Crippen molar-refractivity contribution in [1.82, 2.24) is 9.88 Å². The first-order valence-corrected chi connectivity index (χ1v) is 12.6. The number of carbonyl (C=O) groups is 3. The molecule has 0 atom stereocenters. The van der Waals surface area contributed by atoms with Crippen LogP contribution in [-0.4, -0.2) is 46.1 Å². The van der Waals surface area contributed by atoms with Crippen molar-refractivity contribution in [2.45, 2.75) is 18.9 Å². The SMILES string of the molecule is O=C(O)CCN(Cc1ccccc1)C(=O)c1ncccc1NC(=O)OCC1c2ccccc2-c2ccccc21. The number of ether oxygens (including phenoxy) is 1. The van der Waals surface area contributed by atoms with Crippen molar-refractivity contribution >= 4 is 23.7 Å². The van der Waals surface area contributed by atoms with E-state index in [4.69, 9.17) is 4.74 Å². The van der Waals surface area contributed by atoms with Gasteiger partial charge in [0.05, 0.1) is 12.1 Å². The lowest BCUT2D eigenvalue weighted by Gasteiger charge is -2.23. The summed E-state index contributed by atoms with van der Waals surface area (Å²) in [5.74, 6) is -1.61. The normalized spacial score (nSPS) is 11.8. The molecule has 3 aromatic carbocycles. The standard InChI is InChI=1S/C31H27N3O5/c35-28(36)16-18-34(19-21-9-2-1-3-10-21)30(37)29-27(15-8-17-32-29)33-31(38)39-20-26-24-13-6-4-11-22(24)23-12-5-7-14-25(23)26/h1-15,17,26H,16,18-20H2,(H,33,38)(H,35,36). The third kappa shape index (κ3) is 5.80. The van der Waals surface area contributed by atoms with Gasteiger partial charge in [0.1, 0.15) is 6.61 Å². The number of carboxylic acids is 1. The molecule has 0 saturated carbocycles. The number of aliphatic carboxylic acids is 1. The minimum atomic E-state index is -1.01. The van der Waals surface area contributed by atoms with Gasteiger partial charge in [-0.15, -0.1) is 0 Å². The lowest BCUT2D eigenvalue weighted by molar-refractivity contribution is -0.137. The molecule has 1 aliphatic rings. The first kappa shape index (κ1) is 25.7. The fourth-order valence-electron chi connectivity index (χ4n) is 4.86. The highest BCUT2D eigenvalue weighted by Gasteiger charge is 2.29. The van der Waals surface area contributed by atoms with E-state index in [1.807, 2.05) is 66.7 Å². The average molecular weight is 522 g/mol. The van der Waals surface area contributed by atoms with Crippen LogP contribution in [0.2, 0.25) is 0 Å². The summed E-state index contributed by atoms with van der Waals surface area (Å²) in [7, 11) is 0. The van der Waals surface area contributed by atoms with Gasteiger partial charge in [-0.3, -0.25) is 14.9 Å². The van der Waals surface area contributed by atoms with E-state index >= 15 is 0 Å². The van der Waals surface area contributed by atoms with Crippen molar-refractivity contribution in [1.29, 1.82) is 0 Å². The second-order valence-corrected chi connectivity index (χ2v) is 9.21. The molecule has 2 N–H and O–H groups in total.